The maximum Gasteiger partial charge on any atom is 0.126 e. The summed E-state index contributed by atoms with van der Waals surface area (Å²) in [5, 5.41) is 4.22. The summed E-state index contributed by atoms with van der Waals surface area (Å²) >= 11 is 0. The summed E-state index contributed by atoms with van der Waals surface area (Å²) < 4.78 is 21.4. The number of aryl methyl sites for hydroxylation is 1. The average molecular weight is 317 g/mol. The summed E-state index contributed by atoms with van der Waals surface area (Å²) in [5.74, 6) is 0.252. The molecule has 1 aromatic carbocycles. The molecular weight excluding hydrogens is 293 g/mol. The third-order valence-corrected chi connectivity index (χ3v) is 4.69. The van der Waals surface area contributed by atoms with E-state index in [2.05, 4.69) is 10.00 Å². The first-order chi connectivity index (χ1) is 11.2. The van der Waals surface area contributed by atoms with Gasteiger partial charge in [-0.3, -0.25) is 9.58 Å². The third kappa shape index (κ3) is 3.98. The first-order valence-electron chi connectivity index (χ1n) is 8.12. The predicted octanol–water partition coefficient (Wildman–Crippen LogP) is 2.64. The zero-order valence-electron chi connectivity index (χ0n) is 13.8. The highest BCUT2D eigenvalue weighted by Gasteiger charge is 2.30. The van der Waals surface area contributed by atoms with E-state index in [1.165, 1.54) is 11.6 Å². The van der Waals surface area contributed by atoms with E-state index in [9.17, 15) is 4.39 Å². The Morgan fingerprint density at radius 3 is 2.87 bits per heavy atom. The number of hydrogen-bond acceptors (Lipinski definition) is 3. The molecule has 1 saturated heterocycles. The predicted molar refractivity (Wildman–Crippen MR) is 87.5 cm³/mol. The number of halogens is 1. The molecule has 2 aromatic rings. The van der Waals surface area contributed by atoms with Gasteiger partial charge in [0.2, 0.25) is 0 Å². The van der Waals surface area contributed by atoms with Gasteiger partial charge in [-0.25, -0.2) is 4.39 Å². The Kier molecular flexibility index (Phi) is 5.08. The molecule has 0 saturated carbocycles. The highest BCUT2D eigenvalue weighted by molar-refractivity contribution is 5.18. The zero-order chi connectivity index (χ0) is 16.2. The van der Waals surface area contributed by atoms with Crippen molar-refractivity contribution in [3.8, 4) is 0 Å². The van der Waals surface area contributed by atoms with Crippen molar-refractivity contribution in [2.75, 3.05) is 20.2 Å². The van der Waals surface area contributed by atoms with Gasteiger partial charge in [0.25, 0.3) is 0 Å². The van der Waals surface area contributed by atoms with Gasteiger partial charge in [0.15, 0.2) is 0 Å². The second-order valence-electron chi connectivity index (χ2n) is 6.38. The standard InChI is InChI=1S/C18H24FN3O/c1-21-11-14(10-20-21)12-22-8-7-16(18(13-22)23-2)9-15-5-3-4-6-17(15)19/h3-6,10-11,16,18H,7-9,12-13H2,1-2H3/t16-,18+/m1/s1. The highest BCUT2D eigenvalue weighted by Crippen LogP contribution is 2.26. The van der Waals surface area contributed by atoms with Gasteiger partial charge in [0, 0.05) is 39.0 Å². The first kappa shape index (κ1) is 16.1. The minimum absolute atomic E-state index is 0.111. The molecule has 1 aromatic heterocycles. The maximum atomic E-state index is 13.9. The average Bonchev–Trinajstić information content (AvgIpc) is 2.96. The van der Waals surface area contributed by atoms with Crippen molar-refractivity contribution in [2.24, 2.45) is 13.0 Å². The maximum absolute atomic E-state index is 13.9. The van der Waals surface area contributed by atoms with Crippen molar-refractivity contribution in [2.45, 2.75) is 25.5 Å². The molecule has 5 heteroatoms. The number of ether oxygens (including phenoxy) is 1. The fraction of sp³-hybridized carbons (Fsp3) is 0.500. The summed E-state index contributed by atoms with van der Waals surface area (Å²) in [5.41, 5.74) is 2.01. The van der Waals surface area contributed by atoms with Crippen LogP contribution in [-0.2, 0) is 24.8 Å². The van der Waals surface area contributed by atoms with Crippen LogP contribution in [0.5, 0.6) is 0 Å². The lowest BCUT2D eigenvalue weighted by atomic mass is 9.87. The van der Waals surface area contributed by atoms with Crippen molar-refractivity contribution in [1.29, 1.82) is 0 Å². The number of aromatic nitrogens is 2. The van der Waals surface area contributed by atoms with E-state index in [1.54, 1.807) is 13.2 Å². The molecule has 2 heterocycles. The Hall–Kier alpha value is -1.72. The van der Waals surface area contributed by atoms with Crippen LogP contribution >= 0.6 is 0 Å². The Balaban J connectivity index is 1.61. The van der Waals surface area contributed by atoms with Crippen LogP contribution in [0, 0.1) is 11.7 Å². The Labute approximate surface area is 136 Å². The van der Waals surface area contributed by atoms with Gasteiger partial charge in [-0.1, -0.05) is 18.2 Å². The smallest absolute Gasteiger partial charge is 0.126 e. The monoisotopic (exact) mass is 317 g/mol. The number of hydrogen-bond donors (Lipinski definition) is 0. The molecule has 1 aliphatic rings. The van der Waals surface area contributed by atoms with Gasteiger partial charge in [0.1, 0.15) is 5.82 Å². The molecular formula is C18H24FN3O. The molecule has 23 heavy (non-hydrogen) atoms. The summed E-state index contributed by atoms with van der Waals surface area (Å²) in [4.78, 5) is 2.39. The van der Waals surface area contributed by atoms with Crippen molar-refractivity contribution in [3.63, 3.8) is 0 Å². The van der Waals surface area contributed by atoms with Crippen LogP contribution in [0.3, 0.4) is 0 Å². The lowest BCUT2D eigenvalue weighted by Crippen LogP contribution is -2.45. The van der Waals surface area contributed by atoms with Gasteiger partial charge in [-0.05, 0) is 36.9 Å². The molecule has 0 spiro atoms. The molecule has 0 bridgehead atoms. The van der Waals surface area contributed by atoms with Crippen molar-refractivity contribution >= 4 is 0 Å². The van der Waals surface area contributed by atoms with Gasteiger partial charge >= 0.3 is 0 Å². The number of rotatable bonds is 5. The number of methoxy groups -OCH3 is 1. The molecule has 2 atom stereocenters. The minimum atomic E-state index is -0.111. The normalized spacial score (nSPS) is 22.4. The van der Waals surface area contributed by atoms with Gasteiger partial charge in [-0.2, -0.15) is 5.10 Å². The molecule has 1 aliphatic heterocycles. The van der Waals surface area contributed by atoms with Crippen LogP contribution in [0.2, 0.25) is 0 Å². The van der Waals surface area contributed by atoms with E-state index >= 15 is 0 Å². The van der Waals surface area contributed by atoms with Crippen molar-refractivity contribution in [1.82, 2.24) is 14.7 Å². The SMILES string of the molecule is CO[C@H]1CN(Cc2cnn(C)c2)CC[C@@H]1Cc1ccccc1F. The van der Waals surface area contributed by atoms with Gasteiger partial charge in [-0.15, -0.1) is 0 Å². The molecule has 4 nitrogen and oxygen atoms in total. The van der Waals surface area contributed by atoms with Crippen LogP contribution < -0.4 is 0 Å². The number of likely N-dealkylation sites (tertiary alicyclic amines) is 1. The van der Waals surface area contributed by atoms with Crippen LogP contribution in [0.15, 0.2) is 36.7 Å². The number of benzene rings is 1. The zero-order valence-corrected chi connectivity index (χ0v) is 13.8. The van der Waals surface area contributed by atoms with Crippen molar-refractivity contribution in [3.05, 3.63) is 53.6 Å². The minimum Gasteiger partial charge on any atom is -0.380 e. The summed E-state index contributed by atoms with van der Waals surface area (Å²) in [6.45, 7) is 2.78. The van der Waals surface area contributed by atoms with Gasteiger partial charge in [0.05, 0.1) is 12.3 Å². The molecule has 1 fully saturated rings. The quantitative estimate of drug-likeness (QED) is 0.849. The Bertz CT molecular complexity index is 643. The molecule has 0 aliphatic carbocycles. The number of nitrogens with zero attached hydrogens (tertiary/aromatic N) is 3. The van der Waals surface area contributed by atoms with E-state index in [1.807, 2.05) is 36.3 Å². The second-order valence-corrected chi connectivity index (χ2v) is 6.38. The van der Waals surface area contributed by atoms with Crippen LogP contribution in [0.4, 0.5) is 4.39 Å². The largest absolute Gasteiger partial charge is 0.380 e. The summed E-state index contributed by atoms with van der Waals surface area (Å²) in [7, 11) is 3.69. The molecule has 3 rings (SSSR count). The topological polar surface area (TPSA) is 30.3 Å². The van der Waals surface area contributed by atoms with E-state index in [0.29, 0.717) is 5.92 Å². The summed E-state index contributed by atoms with van der Waals surface area (Å²) in [6, 6.07) is 7.06. The highest BCUT2D eigenvalue weighted by atomic mass is 19.1. The van der Waals surface area contributed by atoms with Crippen LogP contribution in [0.25, 0.3) is 0 Å². The molecule has 0 radical (unpaired) electrons. The second kappa shape index (κ2) is 7.23. The number of piperidine rings is 1. The third-order valence-electron chi connectivity index (χ3n) is 4.69. The molecule has 0 unspecified atom stereocenters. The Morgan fingerprint density at radius 2 is 2.17 bits per heavy atom. The fourth-order valence-corrected chi connectivity index (χ4v) is 3.43. The fourth-order valence-electron chi connectivity index (χ4n) is 3.43. The molecule has 0 N–H and O–H groups in total. The Morgan fingerprint density at radius 1 is 1.35 bits per heavy atom. The van der Waals surface area contributed by atoms with E-state index in [-0.39, 0.29) is 11.9 Å². The van der Waals surface area contributed by atoms with E-state index in [0.717, 1.165) is 38.0 Å². The van der Waals surface area contributed by atoms with E-state index < -0.39 is 0 Å². The van der Waals surface area contributed by atoms with Crippen LogP contribution in [0.1, 0.15) is 17.5 Å². The summed E-state index contributed by atoms with van der Waals surface area (Å²) in [6.07, 6.45) is 5.86. The van der Waals surface area contributed by atoms with Gasteiger partial charge < -0.3 is 4.74 Å². The molecule has 124 valence electrons. The lowest BCUT2D eigenvalue weighted by Gasteiger charge is -2.37. The van der Waals surface area contributed by atoms with E-state index in [4.69, 9.17) is 4.74 Å². The lowest BCUT2D eigenvalue weighted by molar-refractivity contribution is -0.0138. The van der Waals surface area contributed by atoms with Crippen LogP contribution in [-0.4, -0.2) is 41.0 Å². The first-order valence-corrected chi connectivity index (χ1v) is 8.12. The van der Waals surface area contributed by atoms with Crippen molar-refractivity contribution < 1.29 is 9.13 Å². The molecule has 0 amide bonds.